The van der Waals surface area contributed by atoms with Crippen molar-refractivity contribution in [3.05, 3.63) is 35.4 Å². The average Bonchev–Trinajstić information content (AvgIpc) is 2.65. The lowest BCUT2D eigenvalue weighted by Crippen LogP contribution is -2.09. The van der Waals surface area contributed by atoms with Crippen LogP contribution >= 0.6 is 12.4 Å². The number of rotatable bonds is 3. The predicted octanol–water partition coefficient (Wildman–Crippen LogP) is 2.93. The van der Waals surface area contributed by atoms with Crippen molar-refractivity contribution in [2.45, 2.75) is 19.3 Å². The summed E-state index contributed by atoms with van der Waals surface area (Å²) in [5.74, 6) is -0.291. The van der Waals surface area contributed by atoms with E-state index in [1.54, 1.807) is 0 Å². The Kier molecular flexibility index (Phi) is 5.16. The largest absolute Gasteiger partial charge is 0.316 e. The molecule has 1 fully saturated rings. The highest BCUT2D eigenvalue weighted by molar-refractivity contribution is 5.85. The summed E-state index contributed by atoms with van der Waals surface area (Å²) in [6.07, 6.45) is 2.95. The van der Waals surface area contributed by atoms with Crippen LogP contribution in [0.15, 0.2) is 18.2 Å². The zero-order valence-electron chi connectivity index (χ0n) is 9.01. The molecule has 0 amide bonds. The van der Waals surface area contributed by atoms with Crippen LogP contribution in [0, 0.1) is 17.6 Å². The van der Waals surface area contributed by atoms with E-state index in [1.807, 2.05) is 0 Å². The predicted molar refractivity (Wildman–Crippen MR) is 62.9 cm³/mol. The summed E-state index contributed by atoms with van der Waals surface area (Å²) in [4.78, 5) is 0. The quantitative estimate of drug-likeness (QED) is 0.866. The van der Waals surface area contributed by atoms with Crippen LogP contribution in [-0.4, -0.2) is 13.1 Å². The summed E-state index contributed by atoms with van der Waals surface area (Å²) in [5, 5.41) is 3.28. The molecule has 1 aliphatic rings. The van der Waals surface area contributed by atoms with Crippen LogP contribution in [0.3, 0.4) is 0 Å². The molecule has 1 aromatic carbocycles. The first kappa shape index (κ1) is 13.4. The lowest BCUT2D eigenvalue weighted by Gasteiger charge is -2.07. The highest BCUT2D eigenvalue weighted by Gasteiger charge is 2.14. The summed E-state index contributed by atoms with van der Waals surface area (Å²) < 4.78 is 25.8. The third-order valence-corrected chi connectivity index (χ3v) is 2.93. The molecule has 0 spiro atoms. The second-order valence-electron chi connectivity index (χ2n) is 4.18. The summed E-state index contributed by atoms with van der Waals surface area (Å²) in [7, 11) is 0. The first-order valence-electron chi connectivity index (χ1n) is 5.40. The van der Waals surface area contributed by atoms with Gasteiger partial charge < -0.3 is 5.32 Å². The summed E-state index contributed by atoms with van der Waals surface area (Å²) >= 11 is 0. The summed E-state index contributed by atoms with van der Waals surface area (Å²) in [6, 6.07) is 3.76. The van der Waals surface area contributed by atoms with Crippen LogP contribution in [0.25, 0.3) is 0 Å². The van der Waals surface area contributed by atoms with Crippen molar-refractivity contribution in [3.63, 3.8) is 0 Å². The van der Waals surface area contributed by atoms with Gasteiger partial charge in [-0.25, -0.2) is 8.78 Å². The highest BCUT2D eigenvalue weighted by atomic mass is 35.5. The standard InChI is InChI=1S/C12H15F2N.ClH/c13-11-5-10(6-12(14)7-11)2-1-9-3-4-15-8-9;/h5-7,9,15H,1-4,8H2;1H. The maximum absolute atomic E-state index is 12.9. The van der Waals surface area contributed by atoms with Gasteiger partial charge in [-0.3, -0.25) is 0 Å². The molecule has 1 saturated heterocycles. The molecule has 1 aromatic rings. The Morgan fingerprint density at radius 1 is 1.19 bits per heavy atom. The molecule has 0 aromatic heterocycles. The molecule has 1 nitrogen and oxygen atoms in total. The van der Waals surface area contributed by atoms with Crippen molar-refractivity contribution in [3.8, 4) is 0 Å². The van der Waals surface area contributed by atoms with Gasteiger partial charge in [-0.15, -0.1) is 12.4 Å². The third-order valence-electron chi connectivity index (χ3n) is 2.93. The fraction of sp³-hybridized carbons (Fsp3) is 0.500. The number of halogens is 3. The molecular weight excluding hydrogens is 232 g/mol. The minimum absolute atomic E-state index is 0. The number of hydrogen-bond donors (Lipinski definition) is 1. The van der Waals surface area contributed by atoms with Crippen LogP contribution in [0.2, 0.25) is 0 Å². The summed E-state index contributed by atoms with van der Waals surface area (Å²) in [6.45, 7) is 2.11. The average molecular weight is 248 g/mol. The normalized spacial score (nSPS) is 19.5. The van der Waals surface area contributed by atoms with Crippen molar-refractivity contribution < 1.29 is 8.78 Å². The van der Waals surface area contributed by atoms with Crippen LogP contribution in [0.4, 0.5) is 8.78 Å². The first-order chi connectivity index (χ1) is 7.24. The second-order valence-corrected chi connectivity index (χ2v) is 4.18. The molecule has 1 unspecified atom stereocenters. The minimum atomic E-state index is -0.477. The van der Waals surface area contributed by atoms with E-state index in [1.165, 1.54) is 18.6 Å². The van der Waals surface area contributed by atoms with Crippen molar-refractivity contribution >= 4 is 12.4 Å². The van der Waals surface area contributed by atoms with Crippen LogP contribution in [0.1, 0.15) is 18.4 Å². The molecule has 90 valence electrons. The Hall–Kier alpha value is -0.670. The van der Waals surface area contributed by atoms with E-state index in [0.29, 0.717) is 5.92 Å². The molecular formula is C12H16ClF2N. The smallest absolute Gasteiger partial charge is 0.126 e. The van der Waals surface area contributed by atoms with E-state index in [4.69, 9.17) is 0 Å². The molecule has 4 heteroatoms. The van der Waals surface area contributed by atoms with E-state index in [-0.39, 0.29) is 12.4 Å². The Labute approximate surface area is 101 Å². The topological polar surface area (TPSA) is 12.0 Å². The van der Waals surface area contributed by atoms with Crippen molar-refractivity contribution in [1.29, 1.82) is 0 Å². The van der Waals surface area contributed by atoms with Crippen LogP contribution in [0.5, 0.6) is 0 Å². The van der Waals surface area contributed by atoms with Gasteiger partial charge in [0.15, 0.2) is 0 Å². The Balaban J connectivity index is 0.00000128. The lowest BCUT2D eigenvalue weighted by molar-refractivity contribution is 0.527. The maximum atomic E-state index is 12.9. The van der Waals surface area contributed by atoms with E-state index in [0.717, 1.165) is 37.6 Å². The first-order valence-corrected chi connectivity index (χ1v) is 5.40. The van der Waals surface area contributed by atoms with E-state index in [2.05, 4.69) is 5.32 Å². The van der Waals surface area contributed by atoms with Gasteiger partial charge in [0.2, 0.25) is 0 Å². The Bertz CT molecular complexity index is 318. The van der Waals surface area contributed by atoms with Gasteiger partial charge in [0, 0.05) is 6.07 Å². The Morgan fingerprint density at radius 2 is 1.88 bits per heavy atom. The Morgan fingerprint density at radius 3 is 2.44 bits per heavy atom. The number of nitrogens with one attached hydrogen (secondary N) is 1. The zero-order chi connectivity index (χ0) is 10.7. The molecule has 1 heterocycles. The molecule has 16 heavy (non-hydrogen) atoms. The fourth-order valence-corrected chi connectivity index (χ4v) is 2.09. The van der Waals surface area contributed by atoms with Gasteiger partial charge >= 0.3 is 0 Å². The van der Waals surface area contributed by atoms with Gasteiger partial charge in [-0.1, -0.05) is 0 Å². The summed E-state index contributed by atoms with van der Waals surface area (Å²) in [5.41, 5.74) is 0.763. The molecule has 0 saturated carbocycles. The molecule has 1 N–H and O–H groups in total. The van der Waals surface area contributed by atoms with Gasteiger partial charge in [-0.2, -0.15) is 0 Å². The maximum Gasteiger partial charge on any atom is 0.126 e. The van der Waals surface area contributed by atoms with Gasteiger partial charge in [0.05, 0.1) is 0 Å². The van der Waals surface area contributed by atoms with Crippen LogP contribution < -0.4 is 5.32 Å². The zero-order valence-corrected chi connectivity index (χ0v) is 9.83. The molecule has 1 atom stereocenters. The molecule has 0 aliphatic carbocycles. The van der Waals surface area contributed by atoms with Crippen molar-refractivity contribution in [2.75, 3.05) is 13.1 Å². The fourth-order valence-electron chi connectivity index (χ4n) is 2.09. The van der Waals surface area contributed by atoms with Crippen molar-refractivity contribution in [1.82, 2.24) is 5.32 Å². The molecule has 0 radical (unpaired) electrons. The number of aryl methyl sites for hydroxylation is 1. The SMILES string of the molecule is Cl.Fc1cc(F)cc(CCC2CCNC2)c1. The highest BCUT2D eigenvalue weighted by Crippen LogP contribution is 2.17. The number of benzene rings is 1. The minimum Gasteiger partial charge on any atom is -0.316 e. The van der Waals surface area contributed by atoms with Crippen LogP contribution in [-0.2, 0) is 6.42 Å². The van der Waals surface area contributed by atoms with E-state index >= 15 is 0 Å². The third kappa shape index (κ3) is 3.72. The second kappa shape index (κ2) is 6.16. The monoisotopic (exact) mass is 247 g/mol. The lowest BCUT2D eigenvalue weighted by atomic mass is 9.99. The molecule has 1 aliphatic heterocycles. The number of hydrogen-bond acceptors (Lipinski definition) is 1. The van der Waals surface area contributed by atoms with Crippen molar-refractivity contribution in [2.24, 2.45) is 5.92 Å². The van der Waals surface area contributed by atoms with Gasteiger partial charge in [0.25, 0.3) is 0 Å². The molecule has 0 bridgehead atoms. The molecule has 2 rings (SSSR count). The van der Waals surface area contributed by atoms with Gasteiger partial charge in [0.1, 0.15) is 11.6 Å². The van der Waals surface area contributed by atoms with E-state index < -0.39 is 11.6 Å². The van der Waals surface area contributed by atoms with E-state index in [9.17, 15) is 8.78 Å². The van der Waals surface area contributed by atoms with Gasteiger partial charge in [-0.05, 0) is 56.0 Å².